The second kappa shape index (κ2) is 6.26. The summed E-state index contributed by atoms with van der Waals surface area (Å²) in [5.74, 6) is 1.23. The number of hydrogen-bond donors (Lipinski definition) is 0. The molecule has 16 heavy (non-hydrogen) atoms. The predicted octanol–water partition coefficient (Wildman–Crippen LogP) is 3.85. The Bertz CT molecular complexity index is 379. The Labute approximate surface area is 109 Å². The summed E-state index contributed by atoms with van der Waals surface area (Å²) in [4.78, 5) is 11.0. The highest BCUT2D eigenvalue weighted by Crippen LogP contribution is 2.29. The first kappa shape index (κ1) is 13.5. The molecule has 0 saturated heterocycles. The molecule has 1 unspecified atom stereocenters. The zero-order valence-electron chi connectivity index (χ0n) is 9.30. The highest BCUT2D eigenvalue weighted by atomic mass is 79.9. The van der Waals surface area contributed by atoms with Crippen molar-refractivity contribution in [2.75, 3.05) is 6.61 Å². The van der Waals surface area contributed by atoms with Gasteiger partial charge < -0.3 is 4.74 Å². The number of ketones is 1. The summed E-state index contributed by atoms with van der Waals surface area (Å²) in [6.45, 7) is 4.08. The molecule has 88 valence electrons. The summed E-state index contributed by atoms with van der Waals surface area (Å²) in [5.41, 5.74) is 1.82. The lowest BCUT2D eigenvalue weighted by atomic mass is 10.1. The van der Waals surface area contributed by atoms with Crippen LogP contribution in [-0.4, -0.2) is 12.4 Å². The summed E-state index contributed by atoms with van der Waals surface area (Å²) in [6.07, 6.45) is 0. The fourth-order valence-corrected chi connectivity index (χ4v) is 1.89. The number of rotatable bonds is 5. The first-order valence-corrected chi connectivity index (χ1v) is 6.51. The number of hydrogen-bond acceptors (Lipinski definition) is 2. The summed E-state index contributed by atoms with van der Waals surface area (Å²) in [6, 6.07) is 5.63. The molecule has 1 atom stereocenters. The lowest BCUT2D eigenvalue weighted by Crippen LogP contribution is -2.03. The zero-order valence-corrected chi connectivity index (χ0v) is 11.6. The molecular weight excluding hydrogens is 291 g/mol. The van der Waals surface area contributed by atoms with E-state index in [4.69, 9.17) is 16.3 Å². The van der Waals surface area contributed by atoms with Crippen LogP contribution in [0.4, 0.5) is 0 Å². The van der Waals surface area contributed by atoms with Crippen LogP contribution in [-0.2, 0) is 10.7 Å². The van der Waals surface area contributed by atoms with Gasteiger partial charge in [-0.05, 0) is 31.5 Å². The van der Waals surface area contributed by atoms with Crippen molar-refractivity contribution in [2.45, 2.75) is 24.6 Å². The first-order valence-electron chi connectivity index (χ1n) is 5.06. The van der Waals surface area contributed by atoms with E-state index in [0.29, 0.717) is 12.5 Å². The van der Waals surface area contributed by atoms with Gasteiger partial charge in [-0.15, -0.1) is 11.6 Å². The number of carbonyl (C=O) groups excluding carboxylic acids is 1. The number of alkyl halides is 2. The van der Waals surface area contributed by atoms with Crippen LogP contribution >= 0.6 is 27.5 Å². The lowest BCUT2D eigenvalue weighted by molar-refractivity contribution is -0.116. The van der Waals surface area contributed by atoms with Crippen molar-refractivity contribution < 1.29 is 9.53 Å². The second-order valence-electron chi connectivity index (χ2n) is 3.41. The molecule has 0 bridgehead atoms. The van der Waals surface area contributed by atoms with Crippen molar-refractivity contribution in [3.63, 3.8) is 0 Å². The average Bonchev–Trinajstić information content (AvgIpc) is 2.29. The largest absolute Gasteiger partial charge is 0.494 e. The molecule has 0 fully saturated rings. The third kappa shape index (κ3) is 3.22. The summed E-state index contributed by atoms with van der Waals surface area (Å²) in [5, 5.41) is 0. The van der Waals surface area contributed by atoms with Gasteiger partial charge in [-0.1, -0.05) is 22.0 Å². The molecule has 1 aromatic carbocycles. The van der Waals surface area contributed by atoms with Gasteiger partial charge in [0.05, 0.1) is 17.3 Å². The van der Waals surface area contributed by atoms with E-state index in [1.165, 1.54) is 0 Å². The van der Waals surface area contributed by atoms with Gasteiger partial charge in [0.15, 0.2) is 0 Å². The van der Waals surface area contributed by atoms with Crippen molar-refractivity contribution in [1.82, 2.24) is 0 Å². The molecule has 0 aromatic heterocycles. The standard InChI is InChI=1S/C12H14BrClO2/c1-3-16-11-5-4-9(6-10(11)7-14)12(13)8(2)15/h4-6,12H,3,7H2,1-2H3. The van der Waals surface area contributed by atoms with E-state index >= 15 is 0 Å². The topological polar surface area (TPSA) is 26.3 Å². The van der Waals surface area contributed by atoms with Crippen LogP contribution in [0, 0.1) is 0 Å². The van der Waals surface area contributed by atoms with Crippen LogP contribution in [0.1, 0.15) is 29.8 Å². The van der Waals surface area contributed by atoms with E-state index < -0.39 is 0 Å². The van der Waals surface area contributed by atoms with Gasteiger partial charge in [-0.25, -0.2) is 0 Å². The van der Waals surface area contributed by atoms with Crippen LogP contribution in [0.25, 0.3) is 0 Å². The lowest BCUT2D eigenvalue weighted by Gasteiger charge is -2.12. The Balaban J connectivity index is 3.03. The molecule has 0 spiro atoms. The van der Waals surface area contributed by atoms with E-state index in [-0.39, 0.29) is 10.6 Å². The van der Waals surface area contributed by atoms with Crippen molar-refractivity contribution in [3.8, 4) is 5.75 Å². The van der Waals surface area contributed by atoms with Crippen LogP contribution in [0.5, 0.6) is 5.75 Å². The van der Waals surface area contributed by atoms with Gasteiger partial charge >= 0.3 is 0 Å². The Morgan fingerprint density at radius 1 is 1.56 bits per heavy atom. The molecule has 0 aliphatic carbocycles. The van der Waals surface area contributed by atoms with Gasteiger partial charge in [0.2, 0.25) is 0 Å². The van der Waals surface area contributed by atoms with Gasteiger partial charge in [-0.2, -0.15) is 0 Å². The van der Waals surface area contributed by atoms with E-state index in [2.05, 4.69) is 15.9 Å². The molecule has 0 N–H and O–H groups in total. The van der Waals surface area contributed by atoms with Gasteiger partial charge in [-0.3, -0.25) is 4.79 Å². The highest BCUT2D eigenvalue weighted by molar-refractivity contribution is 9.09. The summed E-state index contributed by atoms with van der Waals surface area (Å²) in [7, 11) is 0. The Morgan fingerprint density at radius 3 is 2.75 bits per heavy atom. The number of ether oxygens (including phenoxy) is 1. The first-order chi connectivity index (χ1) is 7.60. The third-order valence-corrected chi connectivity index (χ3v) is 3.64. The zero-order chi connectivity index (χ0) is 12.1. The molecule has 0 heterocycles. The van der Waals surface area contributed by atoms with Crippen molar-refractivity contribution in [2.24, 2.45) is 0 Å². The molecule has 1 rings (SSSR count). The molecule has 4 heteroatoms. The summed E-state index contributed by atoms with van der Waals surface area (Å²) >= 11 is 9.19. The van der Waals surface area contributed by atoms with Crippen LogP contribution in [0.3, 0.4) is 0 Å². The van der Waals surface area contributed by atoms with Crippen molar-refractivity contribution >= 4 is 33.3 Å². The van der Waals surface area contributed by atoms with Crippen LogP contribution < -0.4 is 4.74 Å². The van der Waals surface area contributed by atoms with Gasteiger partial charge in [0.25, 0.3) is 0 Å². The molecule has 0 aliphatic rings. The maximum absolute atomic E-state index is 11.2. The minimum absolute atomic E-state index is 0.0738. The van der Waals surface area contributed by atoms with E-state index in [1.807, 2.05) is 25.1 Å². The SMILES string of the molecule is CCOc1ccc(C(Br)C(C)=O)cc1CCl. The third-order valence-electron chi connectivity index (χ3n) is 2.18. The van der Waals surface area contributed by atoms with E-state index in [1.54, 1.807) is 6.92 Å². The molecular formula is C12H14BrClO2. The van der Waals surface area contributed by atoms with Gasteiger partial charge in [0.1, 0.15) is 11.5 Å². The van der Waals surface area contributed by atoms with Gasteiger partial charge in [0, 0.05) is 5.56 Å². The molecule has 0 aliphatic heterocycles. The molecule has 0 saturated carbocycles. The highest BCUT2D eigenvalue weighted by Gasteiger charge is 2.14. The molecule has 1 aromatic rings. The van der Waals surface area contributed by atoms with Crippen LogP contribution in [0.15, 0.2) is 18.2 Å². The quantitative estimate of drug-likeness (QED) is 0.772. The minimum atomic E-state index is -0.273. The Kier molecular flexibility index (Phi) is 5.29. The van der Waals surface area contributed by atoms with E-state index in [0.717, 1.165) is 16.9 Å². The smallest absolute Gasteiger partial charge is 0.147 e. The number of benzene rings is 1. The average molecular weight is 306 g/mol. The number of Topliss-reactive ketones (excluding diaryl/α,β-unsaturated/α-hetero) is 1. The minimum Gasteiger partial charge on any atom is -0.494 e. The molecule has 0 amide bonds. The fourth-order valence-electron chi connectivity index (χ4n) is 1.39. The Morgan fingerprint density at radius 2 is 2.25 bits per heavy atom. The monoisotopic (exact) mass is 304 g/mol. The normalized spacial score (nSPS) is 12.2. The van der Waals surface area contributed by atoms with Crippen LogP contribution in [0.2, 0.25) is 0 Å². The Hall–Kier alpha value is -0.540. The molecule has 2 nitrogen and oxygen atoms in total. The van der Waals surface area contributed by atoms with Crippen molar-refractivity contribution in [1.29, 1.82) is 0 Å². The maximum atomic E-state index is 11.2. The maximum Gasteiger partial charge on any atom is 0.147 e. The molecule has 0 radical (unpaired) electrons. The number of carbonyl (C=O) groups is 1. The van der Waals surface area contributed by atoms with Crippen molar-refractivity contribution in [3.05, 3.63) is 29.3 Å². The van der Waals surface area contributed by atoms with E-state index in [9.17, 15) is 4.79 Å². The predicted molar refractivity (Wildman–Crippen MR) is 69.5 cm³/mol. The fraction of sp³-hybridized carbons (Fsp3) is 0.417. The second-order valence-corrected chi connectivity index (χ2v) is 4.59. The summed E-state index contributed by atoms with van der Waals surface area (Å²) < 4.78 is 5.44. The number of halogens is 2.